The topological polar surface area (TPSA) is 56.1 Å². The molecule has 0 radical (unpaired) electrons. The molecule has 0 spiro atoms. The fourth-order valence-electron chi connectivity index (χ4n) is 2.58. The molecule has 2 aromatic carbocycles. The van der Waals surface area contributed by atoms with Crippen LogP contribution in [-0.2, 0) is 0 Å². The van der Waals surface area contributed by atoms with Gasteiger partial charge in [-0.25, -0.2) is 9.37 Å². The highest BCUT2D eigenvalue weighted by Gasteiger charge is 2.13. The summed E-state index contributed by atoms with van der Waals surface area (Å²) in [7, 11) is 0. The van der Waals surface area contributed by atoms with Crippen molar-refractivity contribution in [1.29, 1.82) is 0 Å². The molecule has 1 aromatic heterocycles. The Hall–Kier alpha value is -3.15. The zero-order valence-corrected chi connectivity index (χ0v) is 14.5. The molecule has 1 amide bonds. The van der Waals surface area contributed by atoms with Crippen molar-refractivity contribution in [1.82, 2.24) is 14.9 Å². The summed E-state index contributed by atoms with van der Waals surface area (Å²) in [4.78, 5) is 16.4. The van der Waals surface area contributed by atoms with Crippen molar-refractivity contribution in [2.75, 3.05) is 13.2 Å². The maximum Gasteiger partial charge on any atom is 0.253 e. The first kappa shape index (κ1) is 17.7. The second kappa shape index (κ2) is 8.29. The van der Waals surface area contributed by atoms with Crippen LogP contribution in [0.2, 0.25) is 0 Å². The van der Waals surface area contributed by atoms with E-state index in [0.717, 1.165) is 11.3 Å². The van der Waals surface area contributed by atoms with Gasteiger partial charge < -0.3 is 14.6 Å². The molecular formula is C20H20FN3O2. The minimum atomic E-state index is -0.457. The number of halogens is 1. The fraction of sp³-hybridized carbons (Fsp3) is 0.200. The highest BCUT2D eigenvalue weighted by Crippen LogP contribution is 2.16. The molecule has 6 heteroatoms. The summed E-state index contributed by atoms with van der Waals surface area (Å²) in [6.07, 6.45) is 5.53. The predicted molar refractivity (Wildman–Crippen MR) is 97.1 cm³/mol. The first-order chi connectivity index (χ1) is 12.6. The Labute approximate surface area is 151 Å². The van der Waals surface area contributed by atoms with Gasteiger partial charge in [-0.2, -0.15) is 0 Å². The third-order valence-electron chi connectivity index (χ3n) is 3.85. The lowest BCUT2D eigenvalue weighted by Gasteiger charge is -2.11. The van der Waals surface area contributed by atoms with Crippen LogP contribution in [0, 0.1) is 12.7 Å². The molecule has 0 unspecified atom stereocenters. The Morgan fingerprint density at radius 1 is 1.27 bits per heavy atom. The van der Waals surface area contributed by atoms with E-state index in [1.807, 2.05) is 31.2 Å². The van der Waals surface area contributed by atoms with Gasteiger partial charge in [0.15, 0.2) is 0 Å². The van der Waals surface area contributed by atoms with Crippen molar-refractivity contribution in [3.8, 4) is 11.4 Å². The van der Waals surface area contributed by atoms with Crippen LogP contribution >= 0.6 is 0 Å². The average Bonchev–Trinajstić information content (AvgIpc) is 3.15. The normalized spacial score (nSPS) is 10.5. The molecule has 26 heavy (non-hydrogen) atoms. The smallest absolute Gasteiger partial charge is 0.253 e. The molecule has 1 N–H and O–H groups in total. The van der Waals surface area contributed by atoms with Gasteiger partial charge in [-0.1, -0.05) is 12.1 Å². The number of imidazole rings is 1. The minimum Gasteiger partial charge on any atom is -0.494 e. The van der Waals surface area contributed by atoms with E-state index in [2.05, 4.69) is 10.3 Å². The van der Waals surface area contributed by atoms with Gasteiger partial charge >= 0.3 is 0 Å². The summed E-state index contributed by atoms with van der Waals surface area (Å²) in [6, 6.07) is 11.9. The van der Waals surface area contributed by atoms with E-state index in [1.54, 1.807) is 29.4 Å². The van der Waals surface area contributed by atoms with Crippen LogP contribution in [0.5, 0.6) is 5.75 Å². The molecule has 0 aliphatic carbocycles. The van der Waals surface area contributed by atoms with Crippen molar-refractivity contribution in [2.45, 2.75) is 13.3 Å². The highest BCUT2D eigenvalue weighted by atomic mass is 19.1. The van der Waals surface area contributed by atoms with Gasteiger partial charge in [-0.05, 0) is 49.2 Å². The molecule has 134 valence electrons. The van der Waals surface area contributed by atoms with Crippen LogP contribution < -0.4 is 10.1 Å². The number of carbonyl (C=O) groups is 1. The van der Waals surface area contributed by atoms with Gasteiger partial charge in [0, 0.05) is 18.9 Å². The van der Waals surface area contributed by atoms with Gasteiger partial charge in [-0.3, -0.25) is 4.79 Å². The predicted octanol–water partition coefficient (Wildman–Crippen LogP) is 3.52. The summed E-state index contributed by atoms with van der Waals surface area (Å²) in [5.74, 6) is 0.0226. The number of hydrogen-bond donors (Lipinski definition) is 1. The second-order valence-corrected chi connectivity index (χ2v) is 5.91. The Morgan fingerprint density at radius 2 is 2.15 bits per heavy atom. The summed E-state index contributed by atoms with van der Waals surface area (Å²) in [6.45, 7) is 2.93. The van der Waals surface area contributed by atoms with Crippen molar-refractivity contribution in [3.63, 3.8) is 0 Å². The SMILES string of the molecule is Cc1cccc(OCCCNC(=O)c2cc(F)ccc2-n2ccnc2)c1. The average molecular weight is 353 g/mol. The molecule has 0 fully saturated rings. The number of benzene rings is 2. The molecule has 5 nitrogen and oxygen atoms in total. The van der Waals surface area contributed by atoms with Crippen LogP contribution in [0.3, 0.4) is 0 Å². The minimum absolute atomic E-state index is 0.266. The standard InChI is InChI=1S/C20H20FN3O2/c1-15-4-2-5-17(12-15)26-11-3-8-23-20(25)18-13-16(21)6-7-19(18)24-10-9-22-14-24/h2,4-7,9-10,12-14H,3,8,11H2,1H3,(H,23,25). The van der Waals surface area contributed by atoms with Gasteiger partial charge in [0.2, 0.25) is 0 Å². The van der Waals surface area contributed by atoms with Crippen molar-refractivity contribution in [3.05, 3.63) is 78.1 Å². The molecule has 3 aromatic rings. The summed E-state index contributed by atoms with van der Waals surface area (Å²) in [5, 5.41) is 2.81. The Bertz CT molecular complexity index is 879. The first-order valence-corrected chi connectivity index (χ1v) is 8.39. The van der Waals surface area contributed by atoms with Gasteiger partial charge in [0.25, 0.3) is 5.91 Å². The number of amides is 1. The molecule has 1 heterocycles. The monoisotopic (exact) mass is 353 g/mol. The van der Waals surface area contributed by atoms with E-state index in [9.17, 15) is 9.18 Å². The Morgan fingerprint density at radius 3 is 2.92 bits per heavy atom. The number of hydrogen-bond acceptors (Lipinski definition) is 3. The lowest BCUT2D eigenvalue weighted by atomic mass is 10.1. The number of nitrogens with one attached hydrogen (secondary N) is 1. The molecular weight excluding hydrogens is 333 g/mol. The summed E-state index contributed by atoms with van der Waals surface area (Å²) >= 11 is 0. The third-order valence-corrected chi connectivity index (χ3v) is 3.85. The lowest BCUT2D eigenvalue weighted by molar-refractivity contribution is 0.0951. The molecule has 0 atom stereocenters. The zero-order chi connectivity index (χ0) is 18.4. The van der Waals surface area contributed by atoms with Crippen LogP contribution in [0.1, 0.15) is 22.3 Å². The van der Waals surface area contributed by atoms with Crippen molar-refractivity contribution in [2.24, 2.45) is 0 Å². The van der Waals surface area contributed by atoms with Crippen LogP contribution in [-0.4, -0.2) is 28.6 Å². The second-order valence-electron chi connectivity index (χ2n) is 5.91. The molecule has 3 rings (SSSR count). The van der Waals surface area contributed by atoms with E-state index in [4.69, 9.17) is 4.74 Å². The number of ether oxygens (including phenoxy) is 1. The highest BCUT2D eigenvalue weighted by molar-refractivity contribution is 5.97. The third kappa shape index (κ3) is 4.47. The Balaban J connectivity index is 1.54. The largest absolute Gasteiger partial charge is 0.494 e. The van der Waals surface area contributed by atoms with Gasteiger partial charge in [0.05, 0.1) is 24.2 Å². The van der Waals surface area contributed by atoms with E-state index in [-0.39, 0.29) is 11.5 Å². The fourth-order valence-corrected chi connectivity index (χ4v) is 2.58. The zero-order valence-electron chi connectivity index (χ0n) is 14.5. The quantitative estimate of drug-likeness (QED) is 0.661. The number of aromatic nitrogens is 2. The van der Waals surface area contributed by atoms with Crippen LogP contribution in [0.4, 0.5) is 4.39 Å². The lowest BCUT2D eigenvalue weighted by Crippen LogP contribution is -2.26. The van der Waals surface area contributed by atoms with E-state index < -0.39 is 5.82 Å². The summed E-state index contributed by atoms with van der Waals surface area (Å²) in [5.41, 5.74) is 1.98. The molecule has 0 saturated carbocycles. The number of aryl methyl sites for hydroxylation is 1. The van der Waals surface area contributed by atoms with Crippen molar-refractivity contribution < 1.29 is 13.9 Å². The number of nitrogens with zero attached hydrogens (tertiary/aromatic N) is 2. The van der Waals surface area contributed by atoms with E-state index in [1.165, 1.54) is 12.1 Å². The van der Waals surface area contributed by atoms with Crippen molar-refractivity contribution >= 4 is 5.91 Å². The molecule has 0 aliphatic rings. The summed E-state index contributed by atoms with van der Waals surface area (Å²) < 4.78 is 20.9. The first-order valence-electron chi connectivity index (χ1n) is 8.39. The van der Waals surface area contributed by atoms with E-state index >= 15 is 0 Å². The van der Waals surface area contributed by atoms with Crippen LogP contribution in [0.15, 0.2) is 61.2 Å². The maximum atomic E-state index is 13.6. The molecule has 0 bridgehead atoms. The van der Waals surface area contributed by atoms with Gasteiger partial charge in [0.1, 0.15) is 11.6 Å². The van der Waals surface area contributed by atoms with Crippen LogP contribution in [0.25, 0.3) is 5.69 Å². The number of rotatable bonds is 7. The number of carbonyl (C=O) groups excluding carboxylic acids is 1. The van der Waals surface area contributed by atoms with Gasteiger partial charge in [-0.15, -0.1) is 0 Å². The molecule has 0 saturated heterocycles. The Kier molecular flexibility index (Phi) is 5.63. The molecule has 0 aliphatic heterocycles. The maximum absolute atomic E-state index is 13.6. The van der Waals surface area contributed by atoms with E-state index in [0.29, 0.717) is 25.3 Å².